The van der Waals surface area contributed by atoms with Gasteiger partial charge in [-0.2, -0.15) is 0 Å². The van der Waals surface area contributed by atoms with Crippen LogP contribution in [-0.4, -0.2) is 26.2 Å². The molecule has 25 heavy (non-hydrogen) atoms. The highest BCUT2D eigenvalue weighted by atomic mass is 16.1. The van der Waals surface area contributed by atoms with Crippen LogP contribution in [0.2, 0.25) is 0 Å². The lowest BCUT2D eigenvalue weighted by molar-refractivity contribution is 0.112. The zero-order chi connectivity index (χ0) is 16.8. The van der Waals surface area contributed by atoms with Crippen LogP contribution in [0, 0.1) is 0 Å². The highest BCUT2D eigenvalue weighted by Gasteiger charge is 2.14. The molecule has 0 saturated carbocycles. The number of rotatable bonds is 2. The molecule has 0 fully saturated rings. The van der Waals surface area contributed by atoms with Crippen molar-refractivity contribution in [1.29, 1.82) is 0 Å². The Morgan fingerprint density at radius 3 is 2.20 bits per heavy atom. The van der Waals surface area contributed by atoms with Gasteiger partial charge in [0.2, 0.25) is 0 Å². The average Bonchev–Trinajstić information content (AvgIpc) is 3.14. The number of benzene rings is 2. The maximum atomic E-state index is 10.9. The van der Waals surface area contributed by atoms with Crippen molar-refractivity contribution in [1.82, 2.24) is 19.9 Å². The van der Waals surface area contributed by atoms with Gasteiger partial charge in [-0.25, -0.2) is 4.98 Å². The predicted octanol–water partition coefficient (Wildman–Crippen LogP) is 4.14. The first kappa shape index (κ1) is 13.8. The van der Waals surface area contributed by atoms with E-state index in [0.717, 1.165) is 50.5 Å². The number of fused-ring (bicyclic) bond motifs is 6. The van der Waals surface area contributed by atoms with E-state index in [1.165, 1.54) is 0 Å². The second-order valence-corrected chi connectivity index (χ2v) is 5.85. The molecule has 5 heteroatoms. The van der Waals surface area contributed by atoms with Crippen LogP contribution in [0.25, 0.3) is 44.2 Å². The number of aldehydes is 1. The molecule has 5 aromatic rings. The van der Waals surface area contributed by atoms with E-state index >= 15 is 0 Å². The molecule has 3 aromatic heterocycles. The first-order chi connectivity index (χ1) is 12.3. The van der Waals surface area contributed by atoms with E-state index in [1.54, 1.807) is 24.5 Å². The summed E-state index contributed by atoms with van der Waals surface area (Å²) in [6, 6.07) is 15.2. The summed E-state index contributed by atoms with van der Waals surface area (Å²) in [6.07, 6.45) is 4.38. The van der Waals surface area contributed by atoms with Crippen LogP contribution in [-0.2, 0) is 0 Å². The van der Waals surface area contributed by atoms with E-state index in [9.17, 15) is 4.79 Å². The van der Waals surface area contributed by atoms with Crippen molar-refractivity contribution in [2.24, 2.45) is 0 Å². The second kappa shape index (κ2) is 5.21. The molecule has 5 nitrogen and oxygen atoms in total. The van der Waals surface area contributed by atoms with E-state index in [4.69, 9.17) is 4.98 Å². The van der Waals surface area contributed by atoms with Crippen molar-refractivity contribution < 1.29 is 4.79 Å². The number of H-pyrrole nitrogens is 1. The zero-order valence-corrected chi connectivity index (χ0v) is 13.1. The van der Waals surface area contributed by atoms with Gasteiger partial charge < -0.3 is 4.98 Å². The Balaban J connectivity index is 1.88. The van der Waals surface area contributed by atoms with Gasteiger partial charge in [-0.05, 0) is 24.3 Å². The van der Waals surface area contributed by atoms with Crippen LogP contribution in [0.3, 0.4) is 0 Å². The molecule has 0 aliphatic rings. The van der Waals surface area contributed by atoms with Crippen LogP contribution < -0.4 is 0 Å². The molecule has 0 aliphatic heterocycles. The molecule has 0 radical (unpaired) electrons. The fourth-order valence-electron chi connectivity index (χ4n) is 3.20. The number of hydrogen-bond donors (Lipinski definition) is 1. The second-order valence-electron chi connectivity index (χ2n) is 5.85. The molecular weight excluding hydrogens is 312 g/mol. The Kier molecular flexibility index (Phi) is 2.87. The summed E-state index contributed by atoms with van der Waals surface area (Å²) in [6.45, 7) is 0. The smallest absolute Gasteiger partial charge is 0.150 e. The monoisotopic (exact) mass is 324 g/mol. The number of carbonyl (C=O) groups is 1. The molecule has 0 saturated heterocycles. The van der Waals surface area contributed by atoms with Gasteiger partial charge in [0.1, 0.15) is 12.1 Å². The number of carbonyl (C=O) groups excluding carboxylic acids is 1. The van der Waals surface area contributed by atoms with Gasteiger partial charge >= 0.3 is 0 Å². The Hall–Kier alpha value is -3.60. The number of nitrogens with zero attached hydrogens (tertiary/aromatic N) is 3. The van der Waals surface area contributed by atoms with E-state index < -0.39 is 0 Å². The molecule has 2 aromatic carbocycles. The first-order valence-corrected chi connectivity index (χ1v) is 7.92. The van der Waals surface area contributed by atoms with Gasteiger partial charge in [-0.3, -0.25) is 14.8 Å². The number of pyridine rings is 2. The molecule has 0 unspecified atom stereocenters. The topological polar surface area (TPSA) is 71.5 Å². The Bertz CT molecular complexity index is 1180. The standard InChI is InChI=1S/C20H12N4O/c25-11-12-5-7-13(8-6-12)20-23-18-14-3-1-9-21-16(14)17-15(19(18)24-20)4-2-10-22-17/h1-11H,(H,23,24). The van der Waals surface area contributed by atoms with Crippen LogP contribution in [0.5, 0.6) is 0 Å². The lowest BCUT2D eigenvalue weighted by Gasteiger charge is -2.03. The third-order valence-electron chi connectivity index (χ3n) is 4.39. The summed E-state index contributed by atoms with van der Waals surface area (Å²) in [4.78, 5) is 28.1. The third-order valence-corrected chi connectivity index (χ3v) is 4.39. The van der Waals surface area contributed by atoms with Crippen LogP contribution >= 0.6 is 0 Å². The molecule has 0 spiro atoms. The molecule has 0 bridgehead atoms. The lowest BCUT2D eigenvalue weighted by Crippen LogP contribution is -1.86. The van der Waals surface area contributed by atoms with E-state index in [-0.39, 0.29) is 0 Å². The minimum Gasteiger partial charge on any atom is -0.337 e. The summed E-state index contributed by atoms with van der Waals surface area (Å²) in [5, 5.41) is 1.96. The molecule has 0 atom stereocenters. The van der Waals surface area contributed by atoms with Crippen molar-refractivity contribution in [2.75, 3.05) is 0 Å². The van der Waals surface area contributed by atoms with Crippen LogP contribution in [0.15, 0.2) is 60.9 Å². The maximum absolute atomic E-state index is 10.9. The first-order valence-electron chi connectivity index (χ1n) is 7.92. The quantitative estimate of drug-likeness (QED) is 0.391. The van der Waals surface area contributed by atoms with E-state index in [2.05, 4.69) is 15.0 Å². The summed E-state index contributed by atoms with van der Waals surface area (Å²) in [7, 11) is 0. The number of imidazole rings is 1. The van der Waals surface area contributed by atoms with Crippen LogP contribution in [0.4, 0.5) is 0 Å². The van der Waals surface area contributed by atoms with Crippen molar-refractivity contribution in [3.8, 4) is 11.4 Å². The zero-order valence-electron chi connectivity index (χ0n) is 13.1. The average molecular weight is 324 g/mol. The summed E-state index contributed by atoms with van der Waals surface area (Å²) < 4.78 is 0. The molecule has 0 amide bonds. The summed E-state index contributed by atoms with van der Waals surface area (Å²) >= 11 is 0. The molecule has 5 rings (SSSR count). The molecular formula is C20H12N4O. The maximum Gasteiger partial charge on any atom is 0.150 e. The van der Waals surface area contributed by atoms with Crippen LogP contribution in [0.1, 0.15) is 10.4 Å². The fourth-order valence-corrected chi connectivity index (χ4v) is 3.20. The number of hydrogen-bond acceptors (Lipinski definition) is 4. The van der Waals surface area contributed by atoms with Crippen molar-refractivity contribution in [3.05, 3.63) is 66.5 Å². The van der Waals surface area contributed by atoms with Gasteiger partial charge in [-0.15, -0.1) is 0 Å². The van der Waals surface area contributed by atoms with Gasteiger partial charge in [0.15, 0.2) is 0 Å². The van der Waals surface area contributed by atoms with Crippen molar-refractivity contribution in [2.45, 2.75) is 0 Å². The predicted molar refractivity (Wildman–Crippen MR) is 97.5 cm³/mol. The highest BCUT2D eigenvalue weighted by Crippen LogP contribution is 2.33. The van der Waals surface area contributed by atoms with E-state index in [0.29, 0.717) is 5.56 Å². The molecule has 3 heterocycles. The minimum absolute atomic E-state index is 0.643. The highest BCUT2D eigenvalue weighted by molar-refractivity contribution is 6.21. The molecule has 118 valence electrons. The number of nitrogens with one attached hydrogen (secondary N) is 1. The number of aromatic nitrogens is 4. The van der Waals surface area contributed by atoms with Gasteiger partial charge in [0.05, 0.1) is 22.1 Å². The van der Waals surface area contributed by atoms with Gasteiger partial charge in [0.25, 0.3) is 0 Å². The fraction of sp³-hybridized carbons (Fsp3) is 0. The van der Waals surface area contributed by atoms with Gasteiger partial charge in [-0.1, -0.05) is 24.3 Å². The Labute approximate surface area is 142 Å². The van der Waals surface area contributed by atoms with Crippen molar-refractivity contribution >= 4 is 39.1 Å². The van der Waals surface area contributed by atoms with Crippen molar-refractivity contribution in [3.63, 3.8) is 0 Å². The lowest BCUT2D eigenvalue weighted by atomic mass is 10.1. The summed E-state index contributed by atoms with van der Waals surface area (Å²) in [5.41, 5.74) is 5.09. The Morgan fingerprint density at radius 1 is 0.800 bits per heavy atom. The Morgan fingerprint density at radius 2 is 1.48 bits per heavy atom. The third kappa shape index (κ3) is 2.03. The number of aromatic amines is 1. The van der Waals surface area contributed by atoms with Gasteiger partial charge in [0, 0.05) is 34.3 Å². The SMILES string of the molecule is O=Cc1ccc(-c2nc3c4cccnc4c4ncccc4c3[nH]2)cc1. The van der Waals surface area contributed by atoms with E-state index in [1.807, 2.05) is 36.4 Å². The summed E-state index contributed by atoms with van der Waals surface area (Å²) in [5.74, 6) is 0.758. The normalized spacial score (nSPS) is 11.4. The largest absolute Gasteiger partial charge is 0.337 e. The minimum atomic E-state index is 0.643. The molecule has 1 N–H and O–H groups in total. The molecule has 0 aliphatic carbocycles.